The van der Waals surface area contributed by atoms with Crippen molar-refractivity contribution in [1.82, 2.24) is 19.4 Å². The summed E-state index contributed by atoms with van der Waals surface area (Å²) in [5.41, 5.74) is 7.83. The highest BCUT2D eigenvalue weighted by molar-refractivity contribution is 5.91. The summed E-state index contributed by atoms with van der Waals surface area (Å²) in [5, 5.41) is 1.42. The SMILES string of the molecule is C/C(=C\n1c2c(c3cc(C)ccc31)C1CCC(C2)N1C)c1ccncn1. The summed E-state index contributed by atoms with van der Waals surface area (Å²) >= 11 is 0. The Morgan fingerprint density at radius 1 is 1.23 bits per heavy atom. The minimum atomic E-state index is 0.557. The number of benzene rings is 1. The van der Waals surface area contributed by atoms with Crippen LogP contribution in [0.3, 0.4) is 0 Å². The molecule has 1 fully saturated rings. The standard InChI is InChI=1S/C22H24N4/c1-14-4-6-19-17(10-14)22-20-7-5-16(25(20)3)11-21(22)26(19)12-15(2)18-8-9-23-13-24-18/h4,6,8-10,12-13,16,20H,5,7,11H2,1-3H3/b15-12+. The van der Waals surface area contributed by atoms with Gasteiger partial charge in [-0.2, -0.15) is 0 Å². The van der Waals surface area contributed by atoms with Crippen LogP contribution in [0.25, 0.3) is 22.7 Å². The van der Waals surface area contributed by atoms with Gasteiger partial charge in [-0.15, -0.1) is 0 Å². The van der Waals surface area contributed by atoms with Crippen molar-refractivity contribution in [2.75, 3.05) is 7.05 Å². The Morgan fingerprint density at radius 3 is 2.92 bits per heavy atom. The Hall–Kier alpha value is -2.46. The molecule has 5 rings (SSSR count). The summed E-state index contributed by atoms with van der Waals surface area (Å²) < 4.78 is 2.43. The number of allylic oxidation sites excluding steroid dienone is 1. The lowest BCUT2D eigenvalue weighted by Gasteiger charge is -2.32. The molecule has 0 N–H and O–H groups in total. The fourth-order valence-corrected chi connectivity index (χ4v) is 4.85. The predicted octanol–water partition coefficient (Wildman–Crippen LogP) is 4.45. The lowest BCUT2D eigenvalue weighted by molar-refractivity contribution is 0.223. The molecule has 4 nitrogen and oxygen atoms in total. The summed E-state index contributed by atoms with van der Waals surface area (Å²) in [7, 11) is 2.30. The van der Waals surface area contributed by atoms with E-state index < -0.39 is 0 Å². The van der Waals surface area contributed by atoms with E-state index in [2.05, 4.69) is 64.7 Å². The Bertz CT molecular complexity index is 1020. The molecule has 1 saturated heterocycles. The molecule has 2 atom stereocenters. The number of rotatable bonds is 2. The molecule has 0 radical (unpaired) electrons. The molecule has 1 aromatic carbocycles. The molecule has 4 heterocycles. The van der Waals surface area contributed by atoms with E-state index in [1.807, 2.05) is 6.07 Å². The van der Waals surface area contributed by atoms with Gasteiger partial charge in [0.15, 0.2) is 0 Å². The van der Waals surface area contributed by atoms with Crippen LogP contribution < -0.4 is 0 Å². The van der Waals surface area contributed by atoms with Gasteiger partial charge in [0.05, 0.1) is 11.2 Å². The van der Waals surface area contributed by atoms with Crippen LogP contribution in [0.2, 0.25) is 0 Å². The highest BCUT2D eigenvalue weighted by Crippen LogP contribution is 2.47. The molecule has 2 aliphatic heterocycles. The lowest BCUT2D eigenvalue weighted by Crippen LogP contribution is -2.34. The molecule has 2 bridgehead atoms. The van der Waals surface area contributed by atoms with Gasteiger partial charge in [-0.25, -0.2) is 9.97 Å². The quantitative estimate of drug-likeness (QED) is 0.689. The Kier molecular flexibility index (Phi) is 3.50. The maximum absolute atomic E-state index is 4.42. The van der Waals surface area contributed by atoms with Crippen LogP contribution in [0.4, 0.5) is 0 Å². The van der Waals surface area contributed by atoms with Crippen LogP contribution in [-0.2, 0) is 6.42 Å². The zero-order valence-corrected chi connectivity index (χ0v) is 15.6. The van der Waals surface area contributed by atoms with Gasteiger partial charge in [0.1, 0.15) is 6.33 Å². The molecule has 4 heteroatoms. The summed E-state index contributed by atoms with van der Waals surface area (Å²) in [4.78, 5) is 11.1. The van der Waals surface area contributed by atoms with Gasteiger partial charge in [0.2, 0.25) is 0 Å². The Morgan fingerprint density at radius 2 is 2.12 bits per heavy atom. The van der Waals surface area contributed by atoms with Crippen molar-refractivity contribution >= 4 is 22.7 Å². The first-order valence-corrected chi connectivity index (χ1v) is 9.43. The third kappa shape index (κ3) is 2.25. The van der Waals surface area contributed by atoms with Crippen molar-refractivity contribution in [2.45, 2.75) is 45.2 Å². The molecule has 0 spiro atoms. The van der Waals surface area contributed by atoms with Crippen LogP contribution in [0.1, 0.15) is 48.3 Å². The average molecular weight is 344 g/mol. The zero-order chi connectivity index (χ0) is 17.8. The number of aryl methyl sites for hydroxylation is 1. The molecule has 26 heavy (non-hydrogen) atoms. The normalized spacial score (nSPS) is 22.8. The highest BCUT2D eigenvalue weighted by atomic mass is 15.2. The third-order valence-electron chi connectivity index (χ3n) is 6.22. The van der Waals surface area contributed by atoms with E-state index in [1.165, 1.54) is 40.6 Å². The summed E-state index contributed by atoms with van der Waals surface area (Å²) in [5.74, 6) is 0. The second kappa shape index (κ2) is 5.78. The molecule has 3 aromatic rings. The van der Waals surface area contributed by atoms with Gasteiger partial charge >= 0.3 is 0 Å². The number of likely N-dealkylation sites (N-methyl/N-ethyl adjacent to an activating group) is 1. The van der Waals surface area contributed by atoms with Crippen molar-refractivity contribution in [3.63, 3.8) is 0 Å². The van der Waals surface area contributed by atoms with E-state index in [0.29, 0.717) is 12.1 Å². The van der Waals surface area contributed by atoms with Crippen LogP contribution in [0, 0.1) is 6.92 Å². The number of hydrogen-bond acceptors (Lipinski definition) is 3. The minimum absolute atomic E-state index is 0.557. The molecule has 2 aliphatic rings. The van der Waals surface area contributed by atoms with Crippen LogP contribution in [-0.4, -0.2) is 32.5 Å². The second-order valence-corrected chi connectivity index (χ2v) is 7.77. The van der Waals surface area contributed by atoms with E-state index in [9.17, 15) is 0 Å². The molecule has 2 unspecified atom stereocenters. The topological polar surface area (TPSA) is 34.0 Å². The van der Waals surface area contributed by atoms with Gasteiger partial charge < -0.3 is 4.57 Å². The third-order valence-corrected chi connectivity index (χ3v) is 6.22. The van der Waals surface area contributed by atoms with Crippen molar-refractivity contribution < 1.29 is 0 Å². The fourth-order valence-electron chi connectivity index (χ4n) is 4.85. The number of fused-ring (bicyclic) bond motifs is 6. The van der Waals surface area contributed by atoms with Crippen LogP contribution in [0.15, 0.2) is 36.8 Å². The largest absolute Gasteiger partial charge is 0.320 e. The summed E-state index contributed by atoms with van der Waals surface area (Å²) in [6.45, 7) is 4.33. The molecule has 132 valence electrons. The second-order valence-electron chi connectivity index (χ2n) is 7.77. The number of aromatic nitrogens is 3. The van der Waals surface area contributed by atoms with Crippen LogP contribution >= 0.6 is 0 Å². The molecule has 0 amide bonds. The molecular formula is C22H24N4. The monoisotopic (exact) mass is 344 g/mol. The average Bonchev–Trinajstić information content (AvgIpc) is 3.06. The predicted molar refractivity (Wildman–Crippen MR) is 106 cm³/mol. The fraction of sp³-hybridized carbons (Fsp3) is 0.364. The molecule has 2 aromatic heterocycles. The van der Waals surface area contributed by atoms with E-state index in [0.717, 1.165) is 12.1 Å². The summed E-state index contributed by atoms with van der Waals surface area (Å²) in [6.07, 6.45) is 9.40. The Labute approximate surface area is 154 Å². The summed E-state index contributed by atoms with van der Waals surface area (Å²) in [6, 6.07) is 10.1. The van der Waals surface area contributed by atoms with E-state index in [-0.39, 0.29) is 0 Å². The van der Waals surface area contributed by atoms with Crippen LogP contribution in [0.5, 0.6) is 0 Å². The van der Waals surface area contributed by atoms with Gasteiger partial charge in [-0.1, -0.05) is 11.6 Å². The zero-order valence-electron chi connectivity index (χ0n) is 15.6. The Balaban J connectivity index is 1.75. The first kappa shape index (κ1) is 15.8. The number of hydrogen-bond donors (Lipinski definition) is 0. The van der Waals surface area contributed by atoms with Crippen molar-refractivity contribution in [3.05, 3.63) is 59.3 Å². The maximum Gasteiger partial charge on any atom is 0.116 e. The highest BCUT2D eigenvalue weighted by Gasteiger charge is 2.40. The van der Waals surface area contributed by atoms with Gasteiger partial charge in [-0.3, -0.25) is 4.90 Å². The first-order chi connectivity index (χ1) is 12.6. The van der Waals surface area contributed by atoms with E-state index >= 15 is 0 Å². The molecule has 0 saturated carbocycles. The van der Waals surface area contributed by atoms with Crippen molar-refractivity contribution in [2.24, 2.45) is 0 Å². The minimum Gasteiger partial charge on any atom is -0.320 e. The van der Waals surface area contributed by atoms with E-state index in [1.54, 1.807) is 18.1 Å². The van der Waals surface area contributed by atoms with Gasteiger partial charge in [0, 0.05) is 42.0 Å². The maximum atomic E-state index is 4.42. The smallest absolute Gasteiger partial charge is 0.116 e. The van der Waals surface area contributed by atoms with Gasteiger partial charge in [-0.05, 0) is 63.1 Å². The van der Waals surface area contributed by atoms with E-state index in [4.69, 9.17) is 0 Å². The number of nitrogens with zero attached hydrogens (tertiary/aromatic N) is 4. The molecule has 0 aliphatic carbocycles. The lowest BCUT2D eigenvalue weighted by atomic mass is 9.97. The molecular weight excluding hydrogens is 320 g/mol. The van der Waals surface area contributed by atoms with Gasteiger partial charge in [0.25, 0.3) is 0 Å². The van der Waals surface area contributed by atoms with Crippen molar-refractivity contribution in [1.29, 1.82) is 0 Å². The van der Waals surface area contributed by atoms with Crippen molar-refractivity contribution in [3.8, 4) is 0 Å². The first-order valence-electron chi connectivity index (χ1n) is 9.43.